The molecule has 1 saturated heterocycles. The van der Waals surface area contributed by atoms with Gasteiger partial charge in [-0.15, -0.1) is 6.58 Å². The van der Waals surface area contributed by atoms with E-state index < -0.39 is 0 Å². The molecule has 1 saturated carbocycles. The Labute approximate surface area is 219 Å². The Morgan fingerprint density at radius 1 is 0.889 bits per heavy atom. The number of allylic oxidation sites excluding steroid dienone is 2. The molecule has 1 aliphatic carbocycles. The first-order valence-electron chi connectivity index (χ1n) is 14.1. The van der Waals surface area contributed by atoms with Crippen molar-refractivity contribution in [3.05, 3.63) is 84.2 Å². The Kier molecular flexibility index (Phi) is 8.25. The molecule has 1 heterocycles. The van der Waals surface area contributed by atoms with Crippen LogP contribution in [-0.4, -0.2) is 22.5 Å². The molecule has 0 amide bonds. The quantitative estimate of drug-likeness (QED) is 0.351. The van der Waals surface area contributed by atoms with Gasteiger partial charge < -0.3 is 0 Å². The second-order valence-electron chi connectivity index (χ2n) is 12.5. The number of nitrogens with zero attached hydrogens (tertiary/aromatic N) is 1. The smallest absolute Gasteiger partial charge is 0.127 e. The predicted molar refractivity (Wildman–Crippen MR) is 153 cm³/mol. The second-order valence-corrected chi connectivity index (χ2v) is 12.5. The maximum absolute atomic E-state index is 15.6. The van der Waals surface area contributed by atoms with Crippen LogP contribution >= 0.6 is 0 Å². The van der Waals surface area contributed by atoms with E-state index in [-0.39, 0.29) is 22.8 Å². The lowest BCUT2D eigenvalue weighted by Crippen LogP contribution is -2.60. The summed E-state index contributed by atoms with van der Waals surface area (Å²) in [7, 11) is 0. The van der Waals surface area contributed by atoms with Gasteiger partial charge in [0, 0.05) is 17.6 Å². The van der Waals surface area contributed by atoms with E-state index in [1.165, 1.54) is 31.2 Å². The van der Waals surface area contributed by atoms with Crippen LogP contribution in [0.25, 0.3) is 11.1 Å². The highest BCUT2D eigenvalue weighted by Crippen LogP contribution is 2.46. The molecule has 0 unspecified atom stereocenters. The minimum atomic E-state index is -0.0602. The van der Waals surface area contributed by atoms with Crippen LogP contribution in [0.1, 0.15) is 103 Å². The molecule has 0 aromatic heterocycles. The molecule has 194 valence electrons. The van der Waals surface area contributed by atoms with E-state index in [2.05, 4.69) is 94.6 Å². The summed E-state index contributed by atoms with van der Waals surface area (Å²) in [6.45, 7) is 16.3. The molecule has 1 nitrogen and oxygen atoms in total. The van der Waals surface area contributed by atoms with Crippen molar-refractivity contribution in [2.45, 2.75) is 102 Å². The van der Waals surface area contributed by atoms with E-state index in [1.807, 2.05) is 6.08 Å². The van der Waals surface area contributed by atoms with Gasteiger partial charge >= 0.3 is 0 Å². The summed E-state index contributed by atoms with van der Waals surface area (Å²) in [5, 5.41) is 0. The fourth-order valence-electron chi connectivity index (χ4n) is 7.27. The lowest BCUT2D eigenvalue weighted by Gasteiger charge is -2.55. The standard InChI is InChI=1S/C34H46FN/c1-7-9-21-36-33(3,4)23-30(24-34(36,5)6)31-20-19-29(22-32(31)35)28-17-15-27(16-18-28)26-13-11-25(10-8-2)12-14-26/h7-8,10,15-20,22,25-26,30H,1,9,11-14,21,23-24H2,2-6H3/b10-8+. The van der Waals surface area contributed by atoms with Crippen molar-refractivity contribution in [2.24, 2.45) is 5.92 Å². The zero-order chi connectivity index (χ0) is 25.9. The van der Waals surface area contributed by atoms with Crippen molar-refractivity contribution in [1.82, 2.24) is 4.90 Å². The minimum Gasteiger partial charge on any atom is -0.293 e. The summed E-state index contributed by atoms with van der Waals surface area (Å²) in [6.07, 6.45) is 14.6. The van der Waals surface area contributed by atoms with Crippen molar-refractivity contribution in [2.75, 3.05) is 6.54 Å². The van der Waals surface area contributed by atoms with Crippen LogP contribution in [0, 0.1) is 11.7 Å². The van der Waals surface area contributed by atoms with Gasteiger partial charge in [-0.05, 0) is 126 Å². The Balaban J connectivity index is 1.47. The van der Waals surface area contributed by atoms with E-state index in [0.29, 0.717) is 5.92 Å². The predicted octanol–water partition coefficient (Wildman–Crippen LogP) is 9.66. The largest absolute Gasteiger partial charge is 0.293 e. The van der Waals surface area contributed by atoms with Gasteiger partial charge in [0.05, 0.1) is 0 Å². The molecule has 2 heteroatoms. The monoisotopic (exact) mass is 487 g/mol. The van der Waals surface area contributed by atoms with Crippen molar-refractivity contribution in [3.8, 4) is 11.1 Å². The number of hydrogen-bond acceptors (Lipinski definition) is 1. The van der Waals surface area contributed by atoms with Crippen molar-refractivity contribution in [1.29, 1.82) is 0 Å². The van der Waals surface area contributed by atoms with Gasteiger partial charge in [-0.3, -0.25) is 4.90 Å². The number of rotatable bonds is 7. The molecule has 4 rings (SSSR count). The van der Waals surface area contributed by atoms with Crippen molar-refractivity contribution >= 4 is 0 Å². The molecule has 0 N–H and O–H groups in total. The third-order valence-corrected chi connectivity index (χ3v) is 8.90. The number of hydrogen-bond donors (Lipinski definition) is 0. The van der Waals surface area contributed by atoms with Gasteiger partial charge in [0.25, 0.3) is 0 Å². The molecular formula is C34H46FN. The van der Waals surface area contributed by atoms with E-state index in [4.69, 9.17) is 0 Å². The summed E-state index contributed by atoms with van der Waals surface area (Å²) in [5.74, 6) is 1.57. The Hall–Kier alpha value is -2.19. The Morgan fingerprint density at radius 3 is 2.06 bits per heavy atom. The van der Waals surface area contributed by atoms with Gasteiger partial charge in [0.1, 0.15) is 5.82 Å². The average molecular weight is 488 g/mol. The topological polar surface area (TPSA) is 3.24 Å². The summed E-state index contributed by atoms with van der Waals surface area (Å²) in [4.78, 5) is 2.60. The van der Waals surface area contributed by atoms with Crippen LogP contribution in [-0.2, 0) is 0 Å². The molecule has 0 bridgehead atoms. The molecule has 2 aromatic rings. The SMILES string of the molecule is C=CCCN1C(C)(C)CC(c2ccc(-c3ccc(C4CCC(/C=C/C)CC4)cc3)cc2F)CC1(C)C. The third-order valence-electron chi connectivity index (χ3n) is 8.90. The van der Waals surface area contributed by atoms with Gasteiger partial charge in [-0.1, -0.05) is 54.6 Å². The van der Waals surface area contributed by atoms with Crippen molar-refractivity contribution < 1.29 is 4.39 Å². The van der Waals surface area contributed by atoms with E-state index >= 15 is 4.39 Å². The summed E-state index contributed by atoms with van der Waals surface area (Å²) >= 11 is 0. The highest BCUT2D eigenvalue weighted by molar-refractivity contribution is 5.64. The highest BCUT2D eigenvalue weighted by atomic mass is 19.1. The van der Waals surface area contributed by atoms with E-state index in [1.54, 1.807) is 6.07 Å². The summed E-state index contributed by atoms with van der Waals surface area (Å²) in [5.41, 5.74) is 4.42. The van der Waals surface area contributed by atoms with Crippen LogP contribution in [0.3, 0.4) is 0 Å². The van der Waals surface area contributed by atoms with Crippen LogP contribution in [0.15, 0.2) is 67.3 Å². The maximum atomic E-state index is 15.6. The first kappa shape index (κ1) is 26.9. The molecular weight excluding hydrogens is 441 g/mol. The molecule has 2 aromatic carbocycles. The number of piperidine rings is 1. The highest BCUT2D eigenvalue weighted by Gasteiger charge is 2.45. The summed E-state index contributed by atoms with van der Waals surface area (Å²) in [6, 6.07) is 14.9. The van der Waals surface area contributed by atoms with Gasteiger partial charge in [0.15, 0.2) is 0 Å². The fourth-order valence-corrected chi connectivity index (χ4v) is 7.27. The molecule has 2 fully saturated rings. The van der Waals surface area contributed by atoms with E-state index in [0.717, 1.165) is 48.4 Å². The van der Waals surface area contributed by atoms with Crippen molar-refractivity contribution in [3.63, 3.8) is 0 Å². The van der Waals surface area contributed by atoms with Crippen LogP contribution < -0.4 is 0 Å². The van der Waals surface area contributed by atoms with Gasteiger partial charge in [0.2, 0.25) is 0 Å². The first-order chi connectivity index (χ1) is 17.1. The van der Waals surface area contributed by atoms with Crippen LogP contribution in [0.4, 0.5) is 4.39 Å². The third kappa shape index (κ3) is 5.86. The average Bonchev–Trinajstić information content (AvgIpc) is 2.83. The maximum Gasteiger partial charge on any atom is 0.127 e. The van der Waals surface area contributed by atoms with E-state index in [9.17, 15) is 0 Å². The number of halogens is 1. The second kappa shape index (κ2) is 11.1. The molecule has 1 aliphatic heterocycles. The summed E-state index contributed by atoms with van der Waals surface area (Å²) < 4.78 is 15.6. The van der Waals surface area contributed by atoms with Gasteiger partial charge in [-0.2, -0.15) is 0 Å². The van der Waals surface area contributed by atoms with Gasteiger partial charge in [-0.25, -0.2) is 4.39 Å². The Bertz CT molecular complexity index is 1040. The van der Waals surface area contributed by atoms with Crippen LogP contribution in [0.2, 0.25) is 0 Å². The lowest BCUT2D eigenvalue weighted by molar-refractivity contribution is -0.0350. The van der Waals surface area contributed by atoms with Crippen LogP contribution in [0.5, 0.6) is 0 Å². The number of benzene rings is 2. The molecule has 0 atom stereocenters. The molecule has 0 spiro atoms. The number of likely N-dealkylation sites (tertiary alicyclic amines) is 1. The lowest BCUT2D eigenvalue weighted by atomic mass is 9.71. The first-order valence-corrected chi connectivity index (χ1v) is 14.1. The normalized spacial score (nSPS) is 24.7. The molecule has 2 aliphatic rings. The zero-order valence-electron chi connectivity index (χ0n) is 23.2. The zero-order valence-corrected chi connectivity index (χ0v) is 23.2. The Morgan fingerprint density at radius 2 is 1.50 bits per heavy atom. The fraction of sp³-hybridized carbons (Fsp3) is 0.529. The molecule has 36 heavy (non-hydrogen) atoms. The molecule has 0 radical (unpaired) electrons. The minimum absolute atomic E-state index is 0.0162.